The van der Waals surface area contributed by atoms with Gasteiger partial charge in [0.25, 0.3) is 0 Å². The van der Waals surface area contributed by atoms with E-state index in [1.165, 1.54) is 23.9 Å². The maximum atomic E-state index is 4.55. The van der Waals surface area contributed by atoms with Crippen LogP contribution < -0.4 is 5.32 Å². The molecule has 2 atom stereocenters. The number of rotatable bonds is 1. The van der Waals surface area contributed by atoms with Crippen molar-refractivity contribution in [3.05, 3.63) is 29.6 Å². The molecule has 1 saturated heterocycles. The Bertz CT molecular complexity index is 595. The number of hydrogen-bond acceptors (Lipinski definition) is 2. The van der Waals surface area contributed by atoms with Crippen LogP contribution in [-0.2, 0) is 6.54 Å². The van der Waals surface area contributed by atoms with Gasteiger partial charge in [0.05, 0.1) is 17.4 Å². The van der Waals surface area contributed by atoms with Gasteiger partial charge < -0.3 is 9.88 Å². The van der Waals surface area contributed by atoms with E-state index in [0.717, 1.165) is 19.6 Å². The van der Waals surface area contributed by atoms with Gasteiger partial charge in [-0.25, -0.2) is 4.98 Å². The number of aromatic nitrogens is 2. The lowest BCUT2D eigenvalue weighted by Crippen LogP contribution is -2.18. The summed E-state index contributed by atoms with van der Waals surface area (Å²) in [6.07, 6.45) is 4.66. The summed E-state index contributed by atoms with van der Waals surface area (Å²) in [6.45, 7) is 5.47. The van der Waals surface area contributed by atoms with Gasteiger partial charge in [0.1, 0.15) is 0 Å². The zero-order valence-corrected chi connectivity index (χ0v) is 10.8. The number of benzene rings is 1. The fraction of sp³-hybridized carbons (Fsp3) is 0.533. The number of nitrogens with one attached hydrogen (secondary N) is 1. The first-order valence-electron chi connectivity index (χ1n) is 7.06. The highest BCUT2D eigenvalue weighted by atomic mass is 15.0. The molecule has 0 saturated carbocycles. The van der Waals surface area contributed by atoms with Crippen molar-refractivity contribution in [3.63, 3.8) is 0 Å². The Balaban J connectivity index is 1.98. The molecule has 5 rings (SSSR count). The predicted molar refractivity (Wildman–Crippen MR) is 73.0 cm³/mol. The van der Waals surface area contributed by atoms with Crippen LogP contribution >= 0.6 is 0 Å². The Labute approximate surface area is 107 Å². The topological polar surface area (TPSA) is 29.9 Å². The monoisotopic (exact) mass is 241 g/mol. The third kappa shape index (κ3) is 1.37. The average molecular weight is 241 g/mol. The van der Waals surface area contributed by atoms with E-state index in [2.05, 4.69) is 33.9 Å². The van der Waals surface area contributed by atoms with Crippen molar-refractivity contribution in [2.75, 3.05) is 13.1 Å². The smallest absolute Gasteiger partial charge is 0.0958 e. The number of imidazole rings is 1. The van der Waals surface area contributed by atoms with Crippen molar-refractivity contribution in [3.8, 4) is 0 Å². The first-order valence-corrected chi connectivity index (χ1v) is 7.06. The molecule has 3 heterocycles. The van der Waals surface area contributed by atoms with Crippen molar-refractivity contribution in [1.82, 2.24) is 14.9 Å². The summed E-state index contributed by atoms with van der Waals surface area (Å²) in [6, 6.07) is 4.76. The van der Waals surface area contributed by atoms with Crippen LogP contribution in [0.5, 0.6) is 0 Å². The van der Waals surface area contributed by atoms with Crippen molar-refractivity contribution in [2.45, 2.75) is 38.1 Å². The van der Waals surface area contributed by atoms with Crippen molar-refractivity contribution < 1.29 is 0 Å². The summed E-state index contributed by atoms with van der Waals surface area (Å²) in [5.41, 5.74) is 5.62. The summed E-state index contributed by atoms with van der Waals surface area (Å²) in [5.74, 6) is 1.42. The summed E-state index contributed by atoms with van der Waals surface area (Å²) < 4.78 is 2.25. The van der Waals surface area contributed by atoms with E-state index in [9.17, 15) is 0 Å². The zero-order chi connectivity index (χ0) is 12.1. The molecule has 0 amide bonds. The highest BCUT2D eigenvalue weighted by Crippen LogP contribution is 2.41. The number of aryl methyl sites for hydroxylation is 1. The molecule has 2 aliphatic heterocycles. The van der Waals surface area contributed by atoms with Gasteiger partial charge in [-0.3, -0.25) is 0 Å². The maximum absolute atomic E-state index is 4.55. The fourth-order valence-corrected chi connectivity index (χ4v) is 3.66. The Morgan fingerprint density at radius 3 is 2.67 bits per heavy atom. The van der Waals surface area contributed by atoms with Gasteiger partial charge in [-0.05, 0) is 54.9 Å². The lowest BCUT2D eigenvalue weighted by Gasteiger charge is -2.26. The Kier molecular flexibility index (Phi) is 2.24. The van der Waals surface area contributed by atoms with Gasteiger partial charge in [-0.2, -0.15) is 0 Å². The van der Waals surface area contributed by atoms with Crippen LogP contribution in [0, 0.1) is 0 Å². The molecule has 1 aromatic heterocycles. The molecule has 3 heteroatoms. The minimum Gasteiger partial charge on any atom is -0.331 e. The summed E-state index contributed by atoms with van der Waals surface area (Å²) in [7, 11) is 0. The molecule has 94 valence electrons. The maximum Gasteiger partial charge on any atom is 0.0958 e. The van der Waals surface area contributed by atoms with E-state index < -0.39 is 0 Å². The van der Waals surface area contributed by atoms with Crippen LogP contribution in [0.2, 0.25) is 0 Å². The third-order valence-corrected chi connectivity index (χ3v) is 4.69. The predicted octanol–water partition coefficient (Wildman–Crippen LogP) is 2.62. The first-order chi connectivity index (χ1) is 8.86. The molecule has 2 unspecified atom stereocenters. The van der Waals surface area contributed by atoms with E-state index in [4.69, 9.17) is 0 Å². The summed E-state index contributed by atoms with van der Waals surface area (Å²) >= 11 is 0. The van der Waals surface area contributed by atoms with E-state index in [-0.39, 0.29) is 0 Å². The second-order valence-corrected chi connectivity index (χ2v) is 5.63. The third-order valence-electron chi connectivity index (χ3n) is 4.69. The Hall–Kier alpha value is -1.35. The second kappa shape index (κ2) is 3.82. The minimum absolute atomic E-state index is 0.704. The molecule has 1 N–H and O–H groups in total. The average Bonchev–Trinajstić information content (AvgIpc) is 2.58. The highest BCUT2D eigenvalue weighted by Gasteiger charge is 2.30. The van der Waals surface area contributed by atoms with Crippen LogP contribution in [0.1, 0.15) is 42.7 Å². The van der Waals surface area contributed by atoms with Gasteiger partial charge in [0.2, 0.25) is 0 Å². The summed E-state index contributed by atoms with van der Waals surface area (Å²) in [5, 5.41) is 3.60. The van der Waals surface area contributed by atoms with E-state index >= 15 is 0 Å². The van der Waals surface area contributed by atoms with Crippen LogP contribution in [0.4, 0.5) is 0 Å². The van der Waals surface area contributed by atoms with Crippen molar-refractivity contribution in [1.29, 1.82) is 0 Å². The molecule has 2 bridgehead atoms. The van der Waals surface area contributed by atoms with Crippen LogP contribution in [0.15, 0.2) is 18.5 Å². The molecule has 0 radical (unpaired) electrons. The largest absolute Gasteiger partial charge is 0.331 e. The van der Waals surface area contributed by atoms with E-state index in [0.29, 0.717) is 11.8 Å². The second-order valence-electron chi connectivity index (χ2n) is 5.63. The molecule has 1 fully saturated rings. The lowest BCUT2D eigenvalue weighted by molar-refractivity contribution is 0.550. The van der Waals surface area contributed by atoms with E-state index in [1.807, 2.05) is 6.33 Å². The van der Waals surface area contributed by atoms with Crippen molar-refractivity contribution in [2.24, 2.45) is 0 Å². The normalized spacial score (nSPS) is 26.3. The molecule has 18 heavy (non-hydrogen) atoms. The molecular weight excluding hydrogens is 222 g/mol. The Morgan fingerprint density at radius 2 is 1.94 bits per heavy atom. The SMILES string of the molecule is CCn1cnc2cc3c(cc21)C1CCC3CNC1. The lowest BCUT2D eigenvalue weighted by atomic mass is 9.78. The summed E-state index contributed by atoms with van der Waals surface area (Å²) in [4.78, 5) is 4.55. The molecule has 3 nitrogen and oxygen atoms in total. The van der Waals surface area contributed by atoms with Gasteiger partial charge in [-0.15, -0.1) is 0 Å². The van der Waals surface area contributed by atoms with Gasteiger partial charge in [0, 0.05) is 19.6 Å². The zero-order valence-electron chi connectivity index (χ0n) is 10.8. The highest BCUT2D eigenvalue weighted by molar-refractivity contribution is 5.78. The van der Waals surface area contributed by atoms with Crippen LogP contribution in [0.3, 0.4) is 0 Å². The quantitative estimate of drug-likeness (QED) is 0.831. The van der Waals surface area contributed by atoms with Crippen LogP contribution in [0.25, 0.3) is 11.0 Å². The van der Waals surface area contributed by atoms with E-state index in [1.54, 1.807) is 11.1 Å². The van der Waals surface area contributed by atoms with Gasteiger partial charge in [0.15, 0.2) is 0 Å². The molecule has 3 aliphatic rings. The number of fused-ring (bicyclic) bond motifs is 4. The standard InChI is InChI=1S/C15H19N3/c1-2-18-9-17-14-5-12-10-3-4-11(8-16-7-10)13(12)6-15(14)18/h5-6,9-11,16H,2-4,7-8H2,1H3. The first kappa shape index (κ1) is 10.6. The molecule has 0 spiro atoms. The number of nitrogens with zero attached hydrogens (tertiary/aromatic N) is 2. The molecule has 1 aromatic carbocycles. The van der Waals surface area contributed by atoms with Gasteiger partial charge >= 0.3 is 0 Å². The molecule has 1 aliphatic carbocycles. The minimum atomic E-state index is 0.704. The van der Waals surface area contributed by atoms with Gasteiger partial charge in [-0.1, -0.05) is 0 Å². The number of hydrogen-bond donors (Lipinski definition) is 1. The van der Waals surface area contributed by atoms with Crippen LogP contribution in [-0.4, -0.2) is 22.6 Å². The Morgan fingerprint density at radius 1 is 1.22 bits per heavy atom. The van der Waals surface area contributed by atoms with Crippen molar-refractivity contribution >= 4 is 11.0 Å². The molecule has 2 aromatic rings. The molecular formula is C15H19N3. The fourth-order valence-electron chi connectivity index (χ4n) is 3.66.